The first-order valence-corrected chi connectivity index (χ1v) is 7.66. The van der Waals surface area contributed by atoms with Crippen LogP contribution in [0.1, 0.15) is 51.9 Å². The van der Waals surface area contributed by atoms with E-state index in [1.165, 1.54) is 0 Å². The third kappa shape index (κ3) is 3.29. The number of rotatable bonds is 3. The first-order chi connectivity index (χ1) is 8.93. The molecule has 0 bridgehead atoms. The van der Waals surface area contributed by atoms with Gasteiger partial charge in [-0.05, 0) is 31.6 Å². The van der Waals surface area contributed by atoms with E-state index < -0.39 is 5.60 Å². The van der Waals surface area contributed by atoms with E-state index in [-0.39, 0.29) is 17.9 Å². The molecule has 0 heterocycles. The van der Waals surface area contributed by atoms with Crippen molar-refractivity contribution in [1.29, 1.82) is 0 Å². The van der Waals surface area contributed by atoms with Crippen LogP contribution >= 0.6 is 0 Å². The van der Waals surface area contributed by atoms with Crippen LogP contribution in [0.2, 0.25) is 0 Å². The molecule has 2 fully saturated rings. The molecule has 0 aromatic carbocycles. The predicted octanol–water partition coefficient (Wildman–Crippen LogP) is 1.51. The van der Waals surface area contributed by atoms with Gasteiger partial charge in [0.2, 0.25) is 5.91 Å². The van der Waals surface area contributed by atoms with Gasteiger partial charge in [-0.3, -0.25) is 4.79 Å². The maximum Gasteiger partial charge on any atom is 0.227 e. The molecule has 0 aliphatic heterocycles. The van der Waals surface area contributed by atoms with Crippen molar-refractivity contribution in [2.24, 2.45) is 17.6 Å². The van der Waals surface area contributed by atoms with Crippen molar-refractivity contribution in [2.75, 3.05) is 13.6 Å². The van der Waals surface area contributed by atoms with Gasteiger partial charge in [0.05, 0.1) is 11.5 Å². The molecule has 3 unspecified atom stereocenters. The maximum atomic E-state index is 12.6. The summed E-state index contributed by atoms with van der Waals surface area (Å²) in [5, 5.41) is 10.4. The Morgan fingerprint density at radius 1 is 1.32 bits per heavy atom. The van der Waals surface area contributed by atoms with E-state index >= 15 is 0 Å². The second-order valence-electron chi connectivity index (χ2n) is 6.72. The lowest BCUT2D eigenvalue weighted by atomic mass is 9.76. The van der Waals surface area contributed by atoms with Gasteiger partial charge in [0.1, 0.15) is 0 Å². The highest BCUT2D eigenvalue weighted by molar-refractivity contribution is 5.79. The molecule has 2 aliphatic carbocycles. The van der Waals surface area contributed by atoms with Crippen LogP contribution < -0.4 is 5.73 Å². The Labute approximate surface area is 116 Å². The van der Waals surface area contributed by atoms with Crippen molar-refractivity contribution in [3.63, 3.8) is 0 Å². The summed E-state index contributed by atoms with van der Waals surface area (Å²) >= 11 is 0. The summed E-state index contributed by atoms with van der Waals surface area (Å²) in [6, 6.07) is -0.0167. The van der Waals surface area contributed by atoms with Crippen LogP contribution in [0.5, 0.6) is 0 Å². The highest BCUT2D eigenvalue weighted by atomic mass is 16.3. The number of carbonyl (C=O) groups excluding carboxylic acids is 1. The van der Waals surface area contributed by atoms with Crippen molar-refractivity contribution in [3.8, 4) is 0 Å². The lowest BCUT2D eigenvalue weighted by Gasteiger charge is -2.37. The second-order valence-corrected chi connectivity index (χ2v) is 6.72. The molecule has 110 valence electrons. The van der Waals surface area contributed by atoms with Crippen LogP contribution in [0.25, 0.3) is 0 Å². The molecule has 0 aromatic rings. The normalized spacial score (nSPS) is 34.2. The monoisotopic (exact) mass is 268 g/mol. The number of carbonyl (C=O) groups is 1. The average molecular weight is 268 g/mol. The van der Waals surface area contributed by atoms with Gasteiger partial charge < -0.3 is 15.7 Å². The Hall–Kier alpha value is -0.610. The lowest BCUT2D eigenvalue weighted by Crippen LogP contribution is -2.51. The van der Waals surface area contributed by atoms with Crippen molar-refractivity contribution in [1.82, 2.24) is 4.90 Å². The van der Waals surface area contributed by atoms with Crippen LogP contribution in [-0.4, -0.2) is 41.1 Å². The van der Waals surface area contributed by atoms with Gasteiger partial charge in [0.15, 0.2) is 0 Å². The highest BCUT2D eigenvalue weighted by Crippen LogP contribution is 2.33. The molecular formula is C15H28N2O2. The summed E-state index contributed by atoms with van der Waals surface area (Å²) in [6.07, 6.45) is 6.92. The Morgan fingerprint density at radius 2 is 1.95 bits per heavy atom. The van der Waals surface area contributed by atoms with Crippen LogP contribution in [0.3, 0.4) is 0 Å². The summed E-state index contributed by atoms with van der Waals surface area (Å²) in [7, 11) is 1.81. The van der Waals surface area contributed by atoms with E-state index in [4.69, 9.17) is 5.73 Å². The number of aliphatic hydroxyl groups is 1. The molecule has 3 atom stereocenters. The molecular weight excluding hydrogens is 240 g/mol. The third-order valence-electron chi connectivity index (χ3n) is 5.00. The van der Waals surface area contributed by atoms with Crippen molar-refractivity contribution in [3.05, 3.63) is 0 Å². The molecule has 1 amide bonds. The molecule has 0 radical (unpaired) electrons. The predicted molar refractivity (Wildman–Crippen MR) is 75.5 cm³/mol. The number of likely N-dealkylation sites (N-methyl/N-ethyl adjacent to an activating group) is 1. The fourth-order valence-corrected chi connectivity index (χ4v) is 3.85. The standard InChI is InChI=1S/C15H28N2O2/c1-11-6-5-7-12(16)13(11)14(18)17(2)10-15(19)8-3-4-9-15/h11-13,19H,3-10,16H2,1-2H3. The van der Waals surface area contributed by atoms with E-state index in [1.54, 1.807) is 4.90 Å². The van der Waals surface area contributed by atoms with Gasteiger partial charge in [-0.2, -0.15) is 0 Å². The zero-order valence-corrected chi connectivity index (χ0v) is 12.3. The fourth-order valence-electron chi connectivity index (χ4n) is 3.85. The van der Waals surface area contributed by atoms with Crippen molar-refractivity contribution in [2.45, 2.75) is 63.5 Å². The van der Waals surface area contributed by atoms with Gasteiger partial charge in [-0.15, -0.1) is 0 Å². The zero-order valence-electron chi connectivity index (χ0n) is 12.3. The average Bonchev–Trinajstić information content (AvgIpc) is 2.75. The van der Waals surface area contributed by atoms with E-state index in [2.05, 4.69) is 6.92 Å². The van der Waals surface area contributed by atoms with Crippen LogP contribution in [0.15, 0.2) is 0 Å². The Bertz CT molecular complexity index is 316. The molecule has 19 heavy (non-hydrogen) atoms. The second kappa shape index (κ2) is 5.80. The zero-order chi connectivity index (χ0) is 14.0. The highest BCUT2D eigenvalue weighted by Gasteiger charge is 2.39. The summed E-state index contributed by atoms with van der Waals surface area (Å²) in [5.41, 5.74) is 5.48. The fraction of sp³-hybridized carbons (Fsp3) is 0.933. The summed E-state index contributed by atoms with van der Waals surface area (Å²) in [6.45, 7) is 2.58. The van der Waals surface area contributed by atoms with Crippen molar-refractivity contribution < 1.29 is 9.90 Å². The van der Waals surface area contributed by atoms with E-state index in [0.717, 1.165) is 44.9 Å². The van der Waals surface area contributed by atoms with Crippen LogP contribution in [0, 0.1) is 11.8 Å². The molecule has 0 saturated heterocycles. The number of nitrogens with zero attached hydrogens (tertiary/aromatic N) is 1. The van der Waals surface area contributed by atoms with Gasteiger partial charge >= 0.3 is 0 Å². The first kappa shape index (κ1) is 14.8. The maximum absolute atomic E-state index is 12.6. The minimum absolute atomic E-state index is 0.0167. The molecule has 3 N–H and O–H groups in total. The minimum atomic E-state index is -0.660. The molecule has 4 heteroatoms. The van der Waals surface area contributed by atoms with E-state index in [0.29, 0.717) is 12.5 Å². The van der Waals surface area contributed by atoms with Crippen LogP contribution in [-0.2, 0) is 4.79 Å². The Morgan fingerprint density at radius 3 is 2.53 bits per heavy atom. The van der Waals surface area contributed by atoms with Crippen LogP contribution in [0.4, 0.5) is 0 Å². The molecule has 2 rings (SSSR count). The lowest BCUT2D eigenvalue weighted by molar-refractivity contribution is -0.140. The number of hydrogen-bond donors (Lipinski definition) is 2. The molecule has 0 aromatic heterocycles. The smallest absolute Gasteiger partial charge is 0.227 e. The summed E-state index contributed by atoms with van der Waals surface area (Å²) in [5.74, 6) is 0.417. The van der Waals surface area contributed by atoms with Gasteiger partial charge in [-0.25, -0.2) is 0 Å². The molecule has 2 saturated carbocycles. The first-order valence-electron chi connectivity index (χ1n) is 7.66. The molecule has 2 aliphatic rings. The van der Waals surface area contributed by atoms with Gasteiger partial charge in [0, 0.05) is 19.6 Å². The van der Waals surface area contributed by atoms with Gasteiger partial charge in [-0.1, -0.05) is 26.2 Å². The number of nitrogens with two attached hydrogens (primary N) is 1. The number of hydrogen-bond acceptors (Lipinski definition) is 3. The quantitative estimate of drug-likeness (QED) is 0.815. The topological polar surface area (TPSA) is 66.6 Å². The van der Waals surface area contributed by atoms with E-state index in [1.807, 2.05) is 7.05 Å². The minimum Gasteiger partial charge on any atom is -0.388 e. The molecule has 4 nitrogen and oxygen atoms in total. The Kier molecular flexibility index (Phi) is 4.51. The van der Waals surface area contributed by atoms with E-state index in [9.17, 15) is 9.90 Å². The Balaban J connectivity index is 1.97. The third-order valence-corrected chi connectivity index (χ3v) is 5.00. The summed E-state index contributed by atoms with van der Waals surface area (Å²) in [4.78, 5) is 14.3. The van der Waals surface area contributed by atoms with Gasteiger partial charge in [0.25, 0.3) is 0 Å². The molecule has 0 spiro atoms. The summed E-state index contributed by atoms with van der Waals surface area (Å²) < 4.78 is 0. The van der Waals surface area contributed by atoms with Crippen molar-refractivity contribution >= 4 is 5.91 Å². The SMILES string of the molecule is CC1CCCC(N)C1C(=O)N(C)CC1(O)CCCC1. The number of amides is 1. The largest absolute Gasteiger partial charge is 0.388 e.